The summed E-state index contributed by atoms with van der Waals surface area (Å²) in [6.45, 7) is 1.95. The van der Waals surface area contributed by atoms with Gasteiger partial charge in [-0.15, -0.1) is 11.3 Å². The number of nitrogens with zero attached hydrogens (tertiary/aromatic N) is 1. The zero-order chi connectivity index (χ0) is 24.9. The number of methoxy groups -OCH3 is 1. The molecular weight excluding hydrogens is 482 g/mol. The minimum absolute atomic E-state index is 0.0445. The SMILES string of the molecule is COC(=O)c1c(NC(=S)Nc2ccc(-c3ccccc3[N+](=O)[O-])cc2)sc(C)c1-c1ccccc1. The second-order valence-electron chi connectivity index (χ2n) is 7.53. The third-order valence-corrected chi connectivity index (χ3v) is 6.54. The number of ether oxygens (including phenoxy) is 1. The van der Waals surface area contributed by atoms with Crippen LogP contribution in [0.2, 0.25) is 0 Å². The van der Waals surface area contributed by atoms with E-state index in [2.05, 4.69) is 10.6 Å². The Labute approximate surface area is 211 Å². The molecular formula is C26H21N3O4S2. The number of hydrogen-bond donors (Lipinski definition) is 2. The fourth-order valence-corrected chi connectivity index (χ4v) is 5.11. The summed E-state index contributed by atoms with van der Waals surface area (Å²) in [5.41, 5.74) is 4.15. The highest BCUT2D eigenvalue weighted by molar-refractivity contribution is 7.80. The van der Waals surface area contributed by atoms with Crippen molar-refractivity contribution in [1.29, 1.82) is 0 Å². The van der Waals surface area contributed by atoms with Crippen LogP contribution >= 0.6 is 23.6 Å². The molecule has 2 N–H and O–H groups in total. The third-order valence-electron chi connectivity index (χ3n) is 5.32. The number of esters is 1. The van der Waals surface area contributed by atoms with Crippen molar-refractivity contribution >= 4 is 51.0 Å². The van der Waals surface area contributed by atoms with E-state index in [4.69, 9.17) is 17.0 Å². The summed E-state index contributed by atoms with van der Waals surface area (Å²) >= 11 is 6.91. The molecule has 3 aromatic carbocycles. The van der Waals surface area contributed by atoms with Crippen molar-refractivity contribution < 1.29 is 14.5 Å². The Bertz CT molecular complexity index is 1400. The van der Waals surface area contributed by atoms with Gasteiger partial charge in [-0.1, -0.05) is 54.6 Å². The van der Waals surface area contributed by atoms with Gasteiger partial charge in [0.2, 0.25) is 0 Å². The average molecular weight is 504 g/mol. The van der Waals surface area contributed by atoms with E-state index in [1.807, 2.05) is 37.3 Å². The van der Waals surface area contributed by atoms with E-state index in [1.54, 1.807) is 42.5 Å². The lowest BCUT2D eigenvalue weighted by molar-refractivity contribution is -0.384. The molecule has 1 heterocycles. The number of anilines is 2. The smallest absolute Gasteiger partial charge is 0.341 e. The first-order valence-electron chi connectivity index (χ1n) is 10.6. The second kappa shape index (κ2) is 10.5. The van der Waals surface area contributed by atoms with Crippen LogP contribution in [0.3, 0.4) is 0 Å². The van der Waals surface area contributed by atoms with E-state index in [-0.39, 0.29) is 5.69 Å². The van der Waals surface area contributed by atoms with Gasteiger partial charge in [-0.3, -0.25) is 10.1 Å². The first-order valence-corrected chi connectivity index (χ1v) is 11.8. The number of rotatable bonds is 6. The first-order chi connectivity index (χ1) is 16.9. The normalized spacial score (nSPS) is 10.5. The van der Waals surface area contributed by atoms with E-state index in [9.17, 15) is 14.9 Å². The van der Waals surface area contributed by atoms with Crippen LogP contribution in [0.1, 0.15) is 15.2 Å². The molecule has 0 aliphatic carbocycles. The molecule has 0 bridgehead atoms. The maximum atomic E-state index is 12.7. The maximum Gasteiger partial charge on any atom is 0.341 e. The van der Waals surface area contributed by atoms with Crippen molar-refractivity contribution in [2.75, 3.05) is 17.7 Å². The van der Waals surface area contributed by atoms with Gasteiger partial charge in [0.25, 0.3) is 5.69 Å². The minimum atomic E-state index is -0.452. The Morgan fingerprint density at radius 2 is 1.60 bits per heavy atom. The molecule has 0 radical (unpaired) electrons. The Morgan fingerprint density at radius 1 is 0.943 bits per heavy atom. The molecule has 0 fully saturated rings. The minimum Gasteiger partial charge on any atom is -0.465 e. The van der Waals surface area contributed by atoms with Gasteiger partial charge < -0.3 is 15.4 Å². The number of aryl methyl sites for hydroxylation is 1. The van der Waals surface area contributed by atoms with Crippen LogP contribution in [-0.4, -0.2) is 23.1 Å². The number of nitro groups is 1. The van der Waals surface area contributed by atoms with Gasteiger partial charge in [-0.05, 0) is 48.5 Å². The largest absolute Gasteiger partial charge is 0.465 e. The summed E-state index contributed by atoms with van der Waals surface area (Å²) in [6.07, 6.45) is 0. The molecule has 9 heteroatoms. The number of para-hydroxylation sites is 1. The summed E-state index contributed by atoms with van der Waals surface area (Å²) in [5, 5.41) is 18.4. The van der Waals surface area contributed by atoms with Crippen LogP contribution in [0.5, 0.6) is 0 Å². The highest BCUT2D eigenvalue weighted by Gasteiger charge is 2.24. The van der Waals surface area contributed by atoms with E-state index < -0.39 is 10.9 Å². The molecule has 0 aliphatic heterocycles. The summed E-state index contributed by atoms with van der Waals surface area (Å²) in [4.78, 5) is 24.6. The van der Waals surface area contributed by atoms with Gasteiger partial charge in [0.05, 0.1) is 17.6 Å². The predicted molar refractivity (Wildman–Crippen MR) is 144 cm³/mol. The van der Waals surface area contributed by atoms with Crippen LogP contribution in [-0.2, 0) is 4.74 Å². The molecule has 7 nitrogen and oxygen atoms in total. The second-order valence-corrected chi connectivity index (χ2v) is 9.16. The van der Waals surface area contributed by atoms with Crippen LogP contribution in [0, 0.1) is 17.0 Å². The van der Waals surface area contributed by atoms with Gasteiger partial charge >= 0.3 is 5.97 Å². The number of carbonyl (C=O) groups is 1. The molecule has 1 aromatic heterocycles. The molecule has 0 spiro atoms. The monoisotopic (exact) mass is 503 g/mol. The number of thiophene rings is 1. The zero-order valence-corrected chi connectivity index (χ0v) is 20.5. The standard InChI is InChI=1S/C26H21N3O4S2/c1-16-22(18-8-4-3-5-9-18)23(25(30)33-2)24(35-16)28-26(34)27-19-14-12-17(13-15-19)20-10-6-7-11-21(20)29(31)32/h3-15H,1-2H3,(H2,27,28,34). The van der Waals surface area contributed by atoms with E-state index >= 15 is 0 Å². The number of nitro benzene ring substituents is 1. The van der Waals surface area contributed by atoms with Crippen molar-refractivity contribution in [2.24, 2.45) is 0 Å². The molecule has 0 unspecified atom stereocenters. The quantitative estimate of drug-likeness (QED) is 0.128. The number of thiocarbonyl (C=S) groups is 1. The van der Waals surface area contributed by atoms with Crippen LogP contribution < -0.4 is 10.6 Å². The number of carbonyl (C=O) groups excluding carboxylic acids is 1. The van der Waals surface area contributed by atoms with Gasteiger partial charge in [-0.25, -0.2) is 4.79 Å². The molecule has 0 amide bonds. The van der Waals surface area contributed by atoms with Gasteiger partial charge in [-0.2, -0.15) is 0 Å². The summed E-state index contributed by atoms with van der Waals surface area (Å²) in [7, 11) is 1.35. The van der Waals surface area contributed by atoms with E-state index in [0.717, 1.165) is 21.6 Å². The van der Waals surface area contributed by atoms with Crippen LogP contribution in [0.15, 0.2) is 78.9 Å². The van der Waals surface area contributed by atoms with Gasteiger partial charge in [0.1, 0.15) is 10.6 Å². The summed E-state index contributed by atoms with van der Waals surface area (Å²) in [5.74, 6) is -0.452. The molecule has 0 aliphatic rings. The topological polar surface area (TPSA) is 93.5 Å². The predicted octanol–water partition coefficient (Wildman–Crippen LogP) is 6.89. The zero-order valence-electron chi connectivity index (χ0n) is 18.9. The summed E-state index contributed by atoms with van der Waals surface area (Å²) in [6, 6.07) is 23.4. The number of benzene rings is 3. The van der Waals surface area contributed by atoms with Gasteiger partial charge in [0.15, 0.2) is 5.11 Å². The Morgan fingerprint density at radius 3 is 2.26 bits per heavy atom. The molecule has 176 valence electrons. The number of hydrogen-bond acceptors (Lipinski definition) is 6. The summed E-state index contributed by atoms with van der Waals surface area (Å²) < 4.78 is 5.05. The van der Waals surface area contributed by atoms with Crippen LogP contribution in [0.4, 0.5) is 16.4 Å². The Balaban J connectivity index is 1.56. The Kier molecular flexibility index (Phi) is 7.19. The van der Waals surface area contributed by atoms with E-state index in [0.29, 0.717) is 26.9 Å². The molecule has 4 rings (SSSR count). The first kappa shape index (κ1) is 24.1. The average Bonchev–Trinajstić information content (AvgIpc) is 3.19. The molecule has 0 saturated carbocycles. The van der Waals surface area contributed by atoms with Crippen molar-refractivity contribution in [3.05, 3.63) is 99.4 Å². The van der Waals surface area contributed by atoms with Crippen molar-refractivity contribution in [3.63, 3.8) is 0 Å². The highest BCUT2D eigenvalue weighted by atomic mass is 32.1. The molecule has 0 saturated heterocycles. The fourth-order valence-electron chi connectivity index (χ4n) is 3.76. The maximum absolute atomic E-state index is 12.7. The molecule has 4 aromatic rings. The molecule has 35 heavy (non-hydrogen) atoms. The third kappa shape index (κ3) is 5.21. The van der Waals surface area contributed by atoms with Crippen molar-refractivity contribution in [2.45, 2.75) is 6.92 Å². The lowest BCUT2D eigenvalue weighted by Gasteiger charge is -2.12. The number of nitrogens with one attached hydrogen (secondary N) is 2. The highest BCUT2D eigenvalue weighted by Crippen LogP contribution is 2.40. The Hall–Kier alpha value is -4.08. The molecule has 0 atom stereocenters. The fraction of sp³-hybridized carbons (Fsp3) is 0.0769. The van der Waals surface area contributed by atoms with Gasteiger partial charge in [0, 0.05) is 22.2 Å². The van der Waals surface area contributed by atoms with Crippen molar-refractivity contribution in [3.8, 4) is 22.3 Å². The van der Waals surface area contributed by atoms with E-state index in [1.165, 1.54) is 24.5 Å². The lowest BCUT2D eigenvalue weighted by atomic mass is 10.0. The lowest BCUT2D eigenvalue weighted by Crippen LogP contribution is -2.20. The van der Waals surface area contributed by atoms with Crippen molar-refractivity contribution in [1.82, 2.24) is 0 Å². The van der Waals surface area contributed by atoms with Crippen LogP contribution in [0.25, 0.3) is 22.3 Å².